The first-order valence-corrected chi connectivity index (χ1v) is 23.3. The molecule has 5 aliphatic rings. The Labute approximate surface area is 380 Å². The van der Waals surface area contributed by atoms with Crippen molar-refractivity contribution in [2.45, 2.75) is 114 Å². The van der Waals surface area contributed by atoms with Crippen LogP contribution in [0.4, 0.5) is 14.5 Å². The normalized spacial score (nSPS) is 33.5. The number of carbonyl (C=O) groups is 6. The maximum absolute atomic E-state index is 17.7. The fraction of sp³-hybridized carbons (Fsp3) is 0.542. The zero-order chi connectivity index (χ0) is 47.2. The minimum Gasteiger partial charge on any atom is -0.457 e. The maximum Gasteiger partial charge on any atom is 0.232 e. The number of aliphatic hydroxyl groups is 2. The molecule has 13 atom stereocenters. The second-order valence-corrected chi connectivity index (χ2v) is 19.6. The molecule has 3 amide bonds. The number of ether oxygens (including phenoxy) is 3. The number of thioether (sulfide) groups is 1. The summed E-state index contributed by atoms with van der Waals surface area (Å²) in [4.78, 5) is 76.1. The van der Waals surface area contributed by atoms with Gasteiger partial charge in [0.15, 0.2) is 34.9 Å². The highest BCUT2D eigenvalue weighted by atomic mass is 32.2. The molecule has 14 nitrogen and oxygen atoms in total. The van der Waals surface area contributed by atoms with Crippen LogP contribution >= 0.6 is 11.8 Å². The molecule has 0 bridgehead atoms. The van der Waals surface area contributed by atoms with E-state index in [4.69, 9.17) is 14.2 Å². The van der Waals surface area contributed by atoms with Crippen LogP contribution in [-0.2, 0) is 38.2 Å². The lowest BCUT2D eigenvalue weighted by Gasteiger charge is -2.63. The molecule has 1 aliphatic heterocycles. The lowest BCUT2D eigenvalue weighted by Crippen LogP contribution is -2.70. The summed E-state index contributed by atoms with van der Waals surface area (Å²) in [7, 11) is 0. The molecule has 65 heavy (non-hydrogen) atoms. The fourth-order valence-corrected chi connectivity index (χ4v) is 11.2. The molecule has 1 heterocycles. The molecule has 4 fully saturated rings. The standard InChI is InChI=1S/C48H57F2N3O11S/c1-25(19-37(56)26(2)52-41(59)16-18-51-43(61)27(3)65-6)42(60)53-29-9-13-32(14-10-29)62-31-11-7-28(8-12-31)44-63-40-22-33-34-21-36(49)35-20-30(55)15-17-45(35,4)47(34,50)38(57)23-46(33,5)48(40,64-44)39(58)24-54/h7-15,17,20,25-27,33-34,36,38,40,44,54,57H,16,18-19,21-24H2,1-6H3,(H,51,61)(H,52,59)(H,53,60)/t25-,26+,27?,33+,34+,36+,38+,40-,44-,45+,46+,47+,48-/m1/s1. The number of rotatable bonds is 16. The average molecular weight is 922 g/mol. The lowest BCUT2D eigenvalue weighted by molar-refractivity contribution is -0.235. The van der Waals surface area contributed by atoms with Crippen LogP contribution in [0.2, 0.25) is 0 Å². The van der Waals surface area contributed by atoms with E-state index in [9.17, 15) is 39.0 Å². The average Bonchev–Trinajstić information content (AvgIpc) is 3.78. The summed E-state index contributed by atoms with van der Waals surface area (Å²) in [6.07, 6.45) is -0.338. The van der Waals surface area contributed by atoms with Crippen LogP contribution < -0.4 is 20.7 Å². The molecule has 17 heteroatoms. The van der Waals surface area contributed by atoms with E-state index in [0.29, 0.717) is 22.7 Å². The van der Waals surface area contributed by atoms with Crippen LogP contribution in [0.3, 0.4) is 0 Å². The summed E-state index contributed by atoms with van der Waals surface area (Å²) < 4.78 is 52.7. The van der Waals surface area contributed by atoms with Crippen molar-refractivity contribution in [1.82, 2.24) is 10.6 Å². The molecule has 3 saturated carbocycles. The fourth-order valence-electron chi connectivity index (χ4n) is 10.9. The van der Waals surface area contributed by atoms with Crippen molar-refractivity contribution in [2.24, 2.45) is 28.6 Å². The first-order chi connectivity index (χ1) is 30.7. The number of aliphatic hydroxyl groups excluding tert-OH is 2. The number of Topliss-reactive ketones (excluding diaryl/α,β-unsaturated/α-hetero) is 2. The second-order valence-electron chi connectivity index (χ2n) is 18.5. The third-order valence-electron chi connectivity index (χ3n) is 14.6. The van der Waals surface area contributed by atoms with Crippen LogP contribution in [0.5, 0.6) is 11.5 Å². The number of allylic oxidation sites excluding steroid dienone is 4. The largest absolute Gasteiger partial charge is 0.457 e. The molecule has 0 radical (unpaired) electrons. The number of amides is 3. The Morgan fingerprint density at radius 3 is 2.28 bits per heavy atom. The predicted octanol–water partition coefficient (Wildman–Crippen LogP) is 5.42. The van der Waals surface area contributed by atoms with E-state index in [1.165, 1.54) is 30.8 Å². The number of nitrogens with one attached hydrogen (secondary N) is 3. The molecule has 4 aliphatic carbocycles. The highest BCUT2D eigenvalue weighted by Gasteiger charge is 2.80. The van der Waals surface area contributed by atoms with Crippen molar-refractivity contribution in [3.8, 4) is 11.5 Å². The van der Waals surface area contributed by atoms with Gasteiger partial charge in [0.25, 0.3) is 0 Å². The molecule has 2 aromatic carbocycles. The van der Waals surface area contributed by atoms with Crippen LogP contribution in [0.25, 0.3) is 0 Å². The van der Waals surface area contributed by atoms with Crippen LogP contribution in [0, 0.1) is 28.6 Å². The van der Waals surface area contributed by atoms with Crippen molar-refractivity contribution in [2.75, 3.05) is 24.7 Å². The van der Waals surface area contributed by atoms with Crippen LogP contribution in [0.1, 0.15) is 78.6 Å². The smallest absolute Gasteiger partial charge is 0.232 e. The number of fused-ring (bicyclic) bond motifs is 7. The Balaban J connectivity index is 0.942. The van der Waals surface area contributed by atoms with Crippen LogP contribution in [-0.4, -0.2) is 106 Å². The van der Waals surface area contributed by atoms with Crippen molar-refractivity contribution >= 4 is 52.5 Å². The number of alkyl halides is 2. The molecular formula is C48H57F2N3O11S. The minimum atomic E-state index is -2.35. The first kappa shape index (κ1) is 48.1. The molecule has 350 valence electrons. The summed E-state index contributed by atoms with van der Waals surface area (Å²) >= 11 is 1.39. The van der Waals surface area contributed by atoms with Gasteiger partial charge in [-0.3, -0.25) is 28.8 Å². The lowest BCUT2D eigenvalue weighted by atomic mass is 9.44. The number of halogens is 2. The number of benzene rings is 2. The summed E-state index contributed by atoms with van der Waals surface area (Å²) in [5.74, 6) is -3.94. The molecule has 0 aromatic heterocycles. The van der Waals surface area contributed by atoms with Gasteiger partial charge in [-0.25, -0.2) is 8.78 Å². The van der Waals surface area contributed by atoms with Gasteiger partial charge in [0.05, 0.1) is 23.5 Å². The maximum atomic E-state index is 17.7. The molecule has 7 rings (SSSR count). The first-order valence-electron chi connectivity index (χ1n) is 22.0. The summed E-state index contributed by atoms with van der Waals surface area (Å²) in [5, 5.41) is 29.9. The van der Waals surface area contributed by atoms with Gasteiger partial charge >= 0.3 is 0 Å². The summed E-state index contributed by atoms with van der Waals surface area (Å²) in [6, 6.07) is 12.5. The Hall–Kier alpha value is -4.81. The Morgan fingerprint density at radius 1 is 0.969 bits per heavy atom. The van der Waals surface area contributed by atoms with E-state index in [1.54, 1.807) is 76.2 Å². The molecule has 1 unspecified atom stereocenters. The molecule has 5 N–H and O–H groups in total. The van der Waals surface area contributed by atoms with Gasteiger partial charge in [-0.2, -0.15) is 11.8 Å². The molecule has 2 aromatic rings. The Bertz CT molecular complexity index is 2280. The van der Waals surface area contributed by atoms with Gasteiger partial charge in [0, 0.05) is 53.3 Å². The molecule has 1 saturated heterocycles. The highest BCUT2D eigenvalue weighted by Crippen LogP contribution is 2.72. The van der Waals surface area contributed by atoms with E-state index in [-0.39, 0.29) is 61.2 Å². The number of hydrogen-bond donors (Lipinski definition) is 5. The summed E-state index contributed by atoms with van der Waals surface area (Å²) in [5.41, 5.74) is -5.99. The second kappa shape index (κ2) is 18.5. The van der Waals surface area contributed by atoms with Gasteiger partial charge in [0.2, 0.25) is 17.7 Å². The Kier molecular flexibility index (Phi) is 13.7. The van der Waals surface area contributed by atoms with Crippen molar-refractivity contribution < 1.29 is 62.0 Å². The van der Waals surface area contributed by atoms with Gasteiger partial charge in [-0.1, -0.05) is 32.1 Å². The zero-order valence-electron chi connectivity index (χ0n) is 37.2. The van der Waals surface area contributed by atoms with E-state index < -0.39 is 101 Å². The third kappa shape index (κ3) is 8.47. The van der Waals surface area contributed by atoms with Gasteiger partial charge in [0.1, 0.15) is 24.3 Å². The SMILES string of the molecule is CSC(C)C(=O)NCCC(=O)N[C@@H](C)C(=O)C[C@@H](C)C(=O)Nc1ccc(Oc2ccc([C@@H]3O[C@@H]4C[C@H]5[C@@H]6C[C@H](F)C7=CC(=O)C=C[C@]7(C)[C@@]6(F)[C@@H](O)C[C@]5(C)[C@]4(C(=O)CO)O3)cc2)cc1. The quantitative estimate of drug-likeness (QED) is 0.143. The zero-order valence-corrected chi connectivity index (χ0v) is 38.0. The molecular weight excluding hydrogens is 865 g/mol. The number of anilines is 1. The van der Waals surface area contributed by atoms with E-state index in [0.717, 1.165) is 6.08 Å². The monoisotopic (exact) mass is 921 g/mol. The molecule has 0 spiro atoms. The van der Waals surface area contributed by atoms with Gasteiger partial charge < -0.3 is 40.4 Å². The number of hydrogen-bond acceptors (Lipinski definition) is 12. The van der Waals surface area contributed by atoms with Crippen molar-refractivity contribution in [3.63, 3.8) is 0 Å². The number of ketones is 3. The van der Waals surface area contributed by atoms with E-state index in [1.807, 2.05) is 6.26 Å². The van der Waals surface area contributed by atoms with Crippen molar-refractivity contribution in [1.29, 1.82) is 0 Å². The minimum absolute atomic E-state index is 0.00219. The summed E-state index contributed by atoms with van der Waals surface area (Å²) in [6.45, 7) is 7.41. The predicted molar refractivity (Wildman–Crippen MR) is 236 cm³/mol. The van der Waals surface area contributed by atoms with Crippen molar-refractivity contribution in [3.05, 3.63) is 77.9 Å². The van der Waals surface area contributed by atoms with Gasteiger partial charge in [-0.05, 0) is 106 Å². The van der Waals surface area contributed by atoms with Crippen LogP contribution in [0.15, 0.2) is 72.3 Å². The van der Waals surface area contributed by atoms with Gasteiger partial charge in [-0.15, -0.1) is 0 Å². The third-order valence-corrected chi connectivity index (χ3v) is 15.5. The van der Waals surface area contributed by atoms with E-state index in [2.05, 4.69) is 16.0 Å². The topological polar surface area (TPSA) is 207 Å². The number of carbonyl (C=O) groups excluding carboxylic acids is 6. The Morgan fingerprint density at radius 2 is 1.63 bits per heavy atom. The highest BCUT2D eigenvalue weighted by molar-refractivity contribution is 7.99. The van der Waals surface area contributed by atoms with E-state index >= 15 is 8.78 Å².